The highest BCUT2D eigenvalue weighted by Gasteiger charge is 2.35. The van der Waals surface area contributed by atoms with Crippen molar-refractivity contribution in [3.8, 4) is 10.6 Å². The van der Waals surface area contributed by atoms with Gasteiger partial charge in [0, 0.05) is 7.05 Å². The molecule has 1 unspecified atom stereocenters. The number of carbonyl (C=O) groups excluding carboxylic acids is 1. The van der Waals surface area contributed by atoms with E-state index in [2.05, 4.69) is 15.4 Å². The Kier molecular flexibility index (Phi) is 5.84. The second kappa shape index (κ2) is 7.59. The molecule has 0 aromatic carbocycles. The molecule has 0 aliphatic carbocycles. The third-order valence-electron chi connectivity index (χ3n) is 4.55. The highest BCUT2D eigenvalue weighted by molar-refractivity contribution is 7.17. The summed E-state index contributed by atoms with van der Waals surface area (Å²) in [7, 11) is 1.56. The first-order chi connectivity index (χ1) is 12.5. The van der Waals surface area contributed by atoms with Gasteiger partial charge in [-0.15, -0.1) is 11.3 Å². The van der Waals surface area contributed by atoms with E-state index in [0.717, 1.165) is 11.3 Å². The first-order valence-electron chi connectivity index (χ1n) is 8.60. The number of aromatic nitrogens is 3. The SMILES string of the molecule is CCCC(C)(NC(=O)c1sc(-c2c(C)c(C)nn(C)c2=O)nc1C)C(=O)O. The molecule has 0 fully saturated rings. The summed E-state index contributed by atoms with van der Waals surface area (Å²) in [4.78, 5) is 41.5. The summed E-state index contributed by atoms with van der Waals surface area (Å²) in [5.41, 5.74) is 0.619. The molecule has 2 aromatic heterocycles. The van der Waals surface area contributed by atoms with Gasteiger partial charge in [0.15, 0.2) is 0 Å². The molecule has 27 heavy (non-hydrogen) atoms. The first-order valence-corrected chi connectivity index (χ1v) is 9.41. The van der Waals surface area contributed by atoms with E-state index in [1.54, 1.807) is 27.8 Å². The summed E-state index contributed by atoms with van der Waals surface area (Å²) >= 11 is 1.08. The predicted molar refractivity (Wildman–Crippen MR) is 103 cm³/mol. The predicted octanol–water partition coefficient (Wildman–Crippen LogP) is 2.20. The van der Waals surface area contributed by atoms with Gasteiger partial charge < -0.3 is 10.4 Å². The molecule has 0 aliphatic rings. The fourth-order valence-corrected chi connectivity index (χ4v) is 3.90. The Balaban J connectivity index is 2.48. The summed E-state index contributed by atoms with van der Waals surface area (Å²) in [5.74, 6) is -1.59. The number of carboxylic acids is 1. The standard InChI is InChI=1S/C18H24N4O4S/c1-7-8-18(5,17(25)26)20-14(23)13-11(4)19-15(27-13)12-9(2)10(3)21-22(6)16(12)24/h7-8H2,1-6H3,(H,20,23)(H,25,26). The van der Waals surface area contributed by atoms with Crippen LogP contribution in [0.2, 0.25) is 0 Å². The Hall–Kier alpha value is -2.55. The van der Waals surface area contributed by atoms with Crippen molar-refractivity contribution in [2.45, 2.75) is 53.0 Å². The van der Waals surface area contributed by atoms with Crippen molar-refractivity contribution in [1.29, 1.82) is 0 Å². The Bertz CT molecular complexity index is 963. The lowest BCUT2D eigenvalue weighted by molar-refractivity contribution is -0.144. The minimum absolute atomic E-state index is 0.292. The van der Waals surface area contributed by atoms with Crippen LogP contribution in [0.5, 0.6) is 0 Å². The molecule has 2 N–H and O–H groups in total. The van der Waals surface area contributed by atoms with Gasteiger partial charge in [0.25, 0.3) is 11.5 Å². The highest BCUT2D eigenvalue weighted by atomic mass is 32.1. The number of hydrogen-bond acceptors (Lipinski definition) is 6. The third kappa shape index (κ3) is 3.92. The number of rotatable bonds is 6. The minimum atomic E-state index is -1.36. The van der Waals surface area contributed by atoms with E-state index in [4.69, 9.17) is 0 Å². The average Bonchev–Trinajstić information content (AvgIpc) is 2.95. The molecule has 0 aliphatic heterocycles. The van der Waals surface area contributed by atoms with Gasteiger partial charge in [-0.05, 0) is 39.7 Å². The van der Waals surface area contributed by atoms with E-state index in [9.17, 15) is 19.5 Å². The zero-order valence-corrected chi connectivity index (χ0v) is 17.2. The molecule has 146 valence electrons. The molecule has 2 aromatic rings. The Morgan fingerprint density at radius 3 is 2.44 bits per heavy atom. The summed E-state index contributed by atoms with van der Waals surface area (Å²) in [6.07, 6.45) is 0.920. The smallest absolute Gasteiger partial charge is 0.329 e. The fourth-order valence-electron chi connectivity index (χ4n) is 2.84. The monoisotopic (exact) mass is 392 g/mol. The summed E-state index contributed by atoms with van der Waals surface area (Å²) < 4.78 is 1.25. The van der Waals surface area contributed by atoms with Crippen molar-refractivity contribution >= 4 is 23.2 Å². The number of carbonyl (C=O) groups is 2. The van der Waals surface area contributed by atoms with Crippen LogP contribution in [0.3, 0.4) is 0 Å². The lowest BCUT2D eigenvalue weighted by Gasteiger charge is -2.25. The summed E-state index contributed by atoms with van der Waals surface area (Å²) in [6, 6.07) is 0. The van der Waals surface area contributed by atoms with Gasteiger partial charge in [0.1, 0.15) is 15.4 Å². The molecule has 0 saturated heterocycles. The second-order valence-corrected chi connectivity index (χ2v) is 7.79. The molecular weight excluding hydrogens is 368 g/mol. The molecule has 0 radical (unpaired) electrons. The number of nitrogens with zero attached hydrogens (tertiary/aromatic N) is 3. The molecule has 0 saturated carbocycles. The van der Waals surface area contributed by atoms with E-state index >= 15 is 0 Å². The van der Waals surface area contributed by atoms with E-state index < -0.39 is 17.4 Å². The summed E-state index contributed by atoms with van der Waals surface area (Å²) in [6.45, 7) is 8.60. The van der Waals surface area contributed by atoms with Crippen molar-refractivity contribution in [3.05, 3.63) is 32.2 Å². The lowest BCUT2D eigenvalue weighted by atomic mass is 9.96. The van der Waals surface area contributed by atoms with Crippen molar-refractivity contribution in [2.24, 2.45) is 7.05 Å². The number of thiazole rings is 1. The van der Waals surface area contributed by atoms with Crippen LogP contribution in [0.4, 0.5) is 0 Å². The number of hydrogen-bond donors (Lipinski definition) is 2. The van der Waals surface area contributed by atoms with E-state index in [1.165, 1.54) is 11.6 Å². The van der Waals surface area contributed by atoms with Crippen LogP contribution >= 0.6 is 11.3 Å². The Morgan fingerprint density at radius 2 is 1.89 bits per heavy atom. The maximum Gasteiger partial charge on any atom is 0.329 e. The molecule has 0 spiro atoms. The molecule has 0 bridgehead atoms. The molecule has 2 heterocycles. The fraction of sp³-hybridized carbons (Fsp3) is 0.500. The molecular formula is C18H24N4O4S. The Morgan fingerprint density at radius 1 is 1.26 bits per heavy atom. The van der Waals surface area contributed by atoms with Crippen LogP contribution in [0.25, 0.3) is 10.6 Å². The van der Waals surface area contributed by atoms with Gasteiger partial charge in [-0.2, -0.15) is 5.10 Å². The molecule has 1 atom stereocenters. The van der Waals surface area contributed by atoms with Gasteiger partial charge in [-0.1, -0.05) is 13.3 Å². The van der Waals surface area contributed by atoms with Gasteiger partial charge in [0.2, 0.25) is 0 Å². The maximum atomic E-state index is 12.7. The van der Waals surface area contributed by atoms with Crippen LogP contribution in [0.15, 0.2) is 4.79 Å². The number of carboxylic acid groups (broad SMARTS) is 1. The zero-order valence-electron chi connectivity index (χ0n) is 16.3. The summed E-state index contributed by atoms with van der Waals surface area (Å²) in [5, 5.41) is 16.6. The topological polar surface area (TPSA) is 114 Å². The van der Waals surface area contributed by atoms with Gasteiger partial charge in [0.05, 0.1) is 17.0 Å². The Labute approximate surface area is 161 Å². The van der Waals surface area contributed by atoms with Crippen LogP contribution in [-0.2, 0) is 11.8 Å². The average molecular weight is 392 g/mol. The molecule has 1 amide bonds. The van der Waals surface area contributed by atoms with Crippen molar-refractivity contribution in [2.75, 3.05) is 0 Å². The van der Waals surface area contributed by atoms with Crippen LogP contribution in [-0.4, -0.2) is 37.3 Å². The van der Waals surface area contributed by atoms with Crippen molar-refractivity contribution < 1.29 is 14.7 Å². The van der Waals surface area contributed by atoms with E-state index in [1.807, 2.05) is 6.92 Å². The normalized spacial score (nSPS) is 13.3. The number of amides is 1. The highest BCUT2D eigenvalue weighted by Crippen LogP contribution is 2.29. The number of aliphatic carboxylic acids is 1. The van der Waals surface area contributed by atoms with Crippen molar-refractivity contribution in [1.82, 2.24) is 20.1 Å². The number of aryl methyl sites for hydroxylation is 3. The minimum Gasteiger partial charge on any atom is -0.480 e. The lowest BCUT2D eigenvalue weighted by Crippen LogP contribution is -2.52. The van der Waals surface area contributed by atoms with Gasteiger partial charge in [-0.3, -0.25) is 9.59 Å². The van der Waals surface area contributed by atoms with E-state index in [0.29, 0.717) is 45.2 Å². The van der Waals surface area contributed by atoms with Gasteiger partial charge >= 0.3 is 5.97 Å². The maximum absolute atomic E-state index is 12.7. The second-order valence-electron chi connectivity index (χ2n) is 6.79. The van der Waals surface area contributed by atoms with Crippen LogP contribution < -0.4 is 10.9 Å². The zero-order chi connectivity index (χ0) is 20.5. The third-order valence-corrected chi connectivity index (χ3v) is 5.73. The number of nitrogens with one attached hydrogen (secondary N) is 1. The van der Waals surface area contributed by atoms with Crippen LogP contribution in [0, 0.1) is 20.8 Å². The molecule has 2 rings (SSSR count). The quantitative estimate of drug-likeness (QED) is 0.779. The first kappa shape index (κ1) is 20.8. The van der Waals surface area contributed by atoms with Crippen molar-refractivity contribution in [3.63, 3.8) is 0 Å². The molecule has 8 nitrogen and oxygen atoms in total. The largest absolute Gasteiger partial charge is 0.480 e. The molecule has 9 heteroatoms. The van der Waals surface area contributed by atoms with Crippen LogP contribution in [0.1, 0.15) is 53.3 Å². The van der Waals surface area contributed by atoms with Gasteiger partial charge in [-0.25, -0.2) is 14.5 Å². The van der Waals surface area contributed by atoms with E-state index in [-0.39, 0.29) is 5.56 Å².